The highest BCUT2D eigenvalue weighted by Gasteiger charge is 2.31. The average molecular weight is 312 g/mol. The zero-order valence-corrected chi connectivity index (χ0v) is 13.8. The van der Waals surface area contributed by atoms with E-state index in [-0.39, 0.29) is 0 Å². The predicted octanol–water partition coefficient (Wildman–Crippen LogP) is 1.98. The number of nitrogens with one attached hydrogen (secondary N) is 1. The summed E-state index contributed by atoms with van der Waals surface area (Å²) in [6, 6.07) is 8.96. The van der Waals surface area contributed by atoms with Crippen LogP contribution >= 0.6 is 0 Å². The Morgan fingerprint density at radius 1 is 1.22 bits per heavy atom. The first-order valence-electron chi connectivity index (χ1n) is 8.57. The Morgan fingerprint density at radius 3 is 2.65 bits per heavy atom. The number of benzene rings is 1. The summed E-state index contributed by atoms with van der Waals surface area (Å²) in [6.45, 7) is 13.3. The fourth-order valence-corrected chi connectivity index (χ4v) is 3.89. The topological polar surface area (TPSA) is 43.1 Å². The van der Waals surface area contributed by atoms with Crippen molar-refractivity contribution in [3.05, 3.63) is 35.7 Å². The number of hydrogen-bond donors (Lipinski definition) is 2. The van der Waals surface area contributed by atoms with E-state index < -0.39 is 7.05 Å². The van der Waals surface area contributed by atoms with Crippen LogP contribution in [0.25, 0.3) is 4.85 Å². The Bertz CT molecular complexity index is 566. The summed E-state index contributed by atoms with van der Waals surface area (Å²) in [5.41, 5.74) is 1.84. The third kappa shape index (κ3) is 3.87. The molecule has 0 radical (unpaired) electrons. The van der Waals surface area contributed by atoms with Crippen molar-refractivity contribution in [1.82, 2.24) is 10.1 Å². The molecule has 1 unspecified atom stereocenters. The molecule has 1 aromatic carbocycles. The van der Waals surface area contributed by atoms with Crippen LogP contribution in [0, 0.1) is 6.57 Å². The summed E-state index contributed by atoms with van der Waals surface area (Å²) in [4.78, 5) is 8.57. The van der Waals surface area contributed by atoms with Gasteiger partial charge in [-0.3, -0.25) is 4.90 Å². The van der Waals surface area contributed by atoms with Crippen molar-refractivity contribution in [2.45, 2.75) is 38.2 Å². The second kappa shape index (κ2) is 7.35. The van der Waals surface area contributed by atoms with Gasteiger partial charge in [-0.1, -0.05) is 18.2 Å². The molecule has 2 aliphatic rings. The molecule has 2 aliphatic heterocycles. The smallest absolute Gasteiger partial charge is 0.373 e. The number of anilines is 1. The van der Waals surface area contributed by atoms with E-state index in [0.717, 1.165) is 56.8 Å². The summed E-state index contributed by atoms with van der Waals surface area (Å²) < 4.78 is 0. The fraction of sp³-hybridized carbons (Fsp3) is 0.588. The van der Waals surface area contributed by atoms with Crippen LogP contribution in [0.1, 0.15) is 19.3 Å². The number of likely N-dealkylation sites (tertiary alicyclic amines) is 1. The van der Waals surface area contributed by atoms with Crippen molar-refractivity contribution in [2.24, 2.45) is 0 Å². The van der Waals surface area contributed by atoms with Crippen molar-refractivity contribution in [1.29, 1.82) is 0 Å². The molecule has 1 aromatic rings. The van der Waals surface area contributed by atoms with Crippen LogP contribution in [0.5, 0.6) is 0 Å². The first-order chi connectivity index (χ1) is 11.2. The molecule has 3 rings (SSSR count). The van der Waals surface area contributed by atoms with Gasteiger partial charge in [0.1, 0.15) is 0 Å². The van der Waals surface area contributed by atoms with Crippen molar-refractivity contribution < 1.29 is 5.02 Å². The molecule has 2 saturated heterocycles. The Labute approximate surface area is 139 Å². The third-order valence-corrected chi connectivity index (χ3v) is 5.02. The number of piperidine rings is 1. The Kier molecular flexibility index (Phi) is 5.21. The molecular formula is C17H25BN4O. The standard InChI is InChI=1S/C17H25BN4O/c1-18(23)20-14-7-10-22(13-14)15-8-11-21(12-9-15)17-6-4-3-5-16(17)19-2/h3-6,14-15,20,23H,7-13H2,1H3. The van der Waals surface area contributed by atoms with E-state index in [9.17, 15) is 5.02 Å². The van der Waals surface area contributed by atoms with Gasteiger partial charge in [0.25, 0.3) is 0 Å². The molecule has 6 heteroatoms. The summed E-state index contributed by atoms with van der Waals surface area (Å²) in [5.74, 6) is 0. The molecule has 5 nitrogen and oxygen atoms in total. The van der Waals surface area contributed by atoms with Gasteiger partial charge in [-0.15, -0.1) is 0 Å². The monoisotopic (exact) mass is 312 g/mol. The van der Waals surface area contributed by atoms with Crippen LogP contribution in [0.3, 0.4) is 0 Å². The molecular weight excluding hydrogens is 287 g/mol. The van der Waals surface area contributed by atoms with Crippen LogP contribution in [0.2, 0.25) is 6.82 Å². The first kappa shape index (κ1) is 16.3. The lowest BCUT2D eigenvalue weighted by Crippen LogP contribution is -2.46. The molecule has 122 valence electrons. The van der Waals surface area contributed by atoms with Gasteiger partial charge < -0.3 is 15.2 Å². The number of nitrogens with zero attached hydrogens (tertiary/aromatic N) is 3. The molecule has 2 fully saturated rings. The molecule has 0 bridgehead atoms. The number of rotatable bonds is 4. The lowest BCUT2D eigenvalue weighted by atomic mass is 9.87. The number of hydrogen-bond acceptors (Lipinski definition) is 4. The van der Waals surface area contributed by atoms with Gasteiger partial charge in [-0.25, -0.2) is 4.85 Å². The lowest BCUT2D eigenvalue weighted by molar-refractivity contribution is 0.204. The second-order valence-corrected chi connectivity index (χ2v) is 6.64. The van der Waals surface area contributed by atoms with E-state index in [1.54, 1.807) is 6.82 Å². The van der Waals surface area contributed by atoms with Crippen LogP contribution in [0.4, 0.5) is 11.4 Å². The highest BCUT2D eigenvalue weighted by molar-refractivity contribution is 6.45. The molecule has 0 aliphatic carbocycles. The van der Waals surface area contributed by atoms with Crippen molar-refractivity contribution >= 4 is 18.4 Å². The maximum absolute atomic E-state index is 9.46. The van der Waals surface area contributed by atoms with E-state index >= 15 is 0 Å². The summed E-state index contributed by atoms with van der Waals surface area (Å²) in [7, 11) is -0.424. The molecule has 2 N–H and O–H groups in total. The maximum atomic E-state index is 9.46. The average Bonchev–Trinajstić information content (AvgIpc) is 3.02. The highest BCUT2D eigenvalue weighted by Crippen LogP contribution is 2.31. The molecule has 1 atom stereocenters. The Morgan fingerprint density at radius 2 is 1.96 bits per heavy atom. The minimum Gasteiger partial charge on any atom is -0.437 e. The normalized spacial score (nSPS) is 23.0. The van der Waals surface area contributed by atoms with Crippen LogP contribution in [0.15, 0.2) is 24.3 Å². The molecule has 23 heavy (non-hydrogen) atoms. The Balaban J connectivity index is 1.54. The minimum absolute atomic E-state index is 0.413. The van der Waals surface area contributed by atoms with Crippen LogP contribution < -0.4 is 10.1 Å². The van der Waals surface area contributed by atoms with E-state index in [0.29, 0.717) is 12.1 Å². The third-order valence-electron chi connectivity index (χ3n) is 5.02. The van der Waals surface area contributed by atoms with Crippen LogP contribution in [-0.4, -0.2) is 55.2 Å². The zero-order valence-electron chi connectivity index (χ0n) is 13.8. The summed E-state index contributed by atoms with van der Waals surface area (Å²) >= 11 is 0. The molecule has 0 amide bonds. The molecule has 0 saturated carbocycles. The summed E-state index contributed by atoms with van der Waals surface area (Å²) in [6.07, 6.45) is 3.41. The lowest BCUT2D eigenvalue weighted by Gasteiger charge is -2.38. The summed E-state index contributed by atoms with van der Waals surface area (Å²) in [5, 5.41) is 12.7. The van der Waals surface area contributed by atoms with E-state index in [1.807, 2.05) is 18.2 Å². The fourth-order valence-electron chi connectivity index (χ4n) is 3.89. The predicted molar refractivity (Wildman–Crippen MR) is 94.9 cm³/mol. The SMILES string of the molecule is [C-]#[N+]c1ccccc1N1CCC(N2CCC(NB(C)O)C2)CC1. The van der Waals surface area contributed by atoms with E-state index in [4.69, 9.17) is 6.57 Å². The van der Waals surface area contributed by atoms with Crippen molar-refractivity contribution in [2.75, 3.05) is 31.1 Å². The van der Waals surface area contributed by atoms with Crippen molar-refractivity contribution in [3.8, 4) is 0 Å². The van der Waals surface area contributed by atoms with Gasteiger partial charge in [0, 0.05) is 37.4 Å². The largest absolute Gasteiger partial charge is 0.437 e. The minimum atomic E-state index is -0.424. The first-order valence-corrected chi connectivity index (χ1v) is 8.57. The van der Waals surface area contributed by atoms with E-state index in [2.05, 4.69) is 25.9 Å². The highest BCUT2D eigenvalue weighted by atomic mass is 16.2. The number of para-hydroxylation sites is 2. The van der Waals surface area contributed by atoms with E-state index in [1.165, 1.54) is 0 Å². The van der Waals surface area contributed by atoms with Gasteiger partial charge in [0.05, 0.1) is 6.57 Å². The zero-order chi connectivity index (χ0) is 16.2. The maximum Gasteiger partial charge on any atom is 0.373 e. The van der Waals surface area contributed by atoms with Gasteiger partial charge in [0.2, 0.25) is 5.69 Å². The second-order valence-electron chi connectivity index (χ2n) is 6.64. The van der Waals surface area contributed by atoms with Gasteiger partial charge >= 0.3 is 7.05 Å². The van der Waals surface area contributed by atoms with Gasteiger partial charge in [-0.2, -0.15) is 0 Å². The molecule has 2 heterocycles. The molecule has 0 spiro atoms. The van der Waals surface area contributed by atoms with Crippen LogP contribution in [-0.2, 0) is 0 Å². The Hall–Kier alpha value is -1.55. The molecule has 0 aromatic heterocycles. The quantitative estimate of drug-likeness (QED) is 0.659. The van der Waals surface area contributed by atoms with Gasteiger partial charge in [-0.05, 0) is 38.7 Å². The van der Waals surface area contributed by atoms with Crippen molar-refractivity contribution in [3.63, 3.8) is 0 Å². The van der Waals surface area contributed by atoms with Gasteiger partial charge in [0.15, 0.2) is 0 Å².